The highest BCUT2D eigenvalue weighted by Crippen LogP contribution is 2.35. The highest BCUT2D eigenvalue weighted by molar-refractivity contribution is 7.86. The molecule has 1 aliphatic heterocycles. The van der Waals surface area contributed by atoms with Crippen molar-refractivity contribution < 1.29 is 17.9 Å². The van der Waals surface area contributed by atoms with Crippen LogP contribution in [-0.2, 0) is 30.2 Å². The number of methoxy groups -OCH3 is 2. The van der Waals surface area contributed by atoms with Crippen molar-refractivity contribution in [2.24, 2.45) is 12.2 Å². The first-order valence-corrected chi connectivity index (χ1v) is 10.8. The van der Waals surface area contributed by atoms with Crippen molar-refractivity contribution in [3.8, 4) is 22.8 Å². The van der Waals surface area contributed by atoms with Gasteiger partial charge in [-0.25, -0.2) is 9.82 Å². The minimum absolute atomic E-state index is 0.237. The molecule has 3 aromatic rings. The van der Waals surface area contributed by atoms with Gasteiger partial charge in [0.15, 0.2) is 11.5 Å². The molecule has 0 fully saturated rings. The minimum Gasteiger partial charge on any atom is -0.493 e. The van der Waals surface area contributed by atoms with Crippen LogP contribution in [0.25, 0.3) is 22.0 Å². The molecule has 2 N–H and O–H groups in total. The molecule has 0 unspecified atom stereocenters. The van der Waals surface area contributed by atoms with Gasteiger partial charge in [-0.2, -0.15) is 17.8 Å². The molecule has 9 nitrogen and oxygen atoms in total. The summed E-state index contributed by atoms with van der Waals surface area (Å²) in [6, 6.07) is 9.14. The molecule has 0 saturated carbocycles. The molecular formula is C20H22N4O5S. The summed E-state index contributed by atoms with van der Waals surface area (Å²) in [7, 11) is 0.928. The summed E-state index contributed by atoms with van der Waals surface area (Å²) >= 11 is 0. The van der Waals surface area contributed by atoms with Crippen molar-refractivity contribution in [2.45, 2.75) is 13.0 Å². The lowest BCUT2D eigenvalue weighted by Gasteiger charge is -2.26. The first-order valence-electron chi connectivity index (χ1n) is 9.26. The first-order chi connectivity index (χ1) is 14.2. The van der Waals surface area contributed by atoms with Crippen LogP contribution in [0.1, 0.15) is 11.1 Å². The van der Waals surface area contributed by atoms with Gasteiger partial charge in [0.25, 0.3) is 15.8 Å². The third-order valence-corrected chi connectivity index (χ3v) is 6.40. The summed E-state index contributed by atoms with van der Waals surface area (Å²) in [5, 5.41) is 10.9. The van der Waals surface area contributed by atoms with Crippen molar-refractivity contribution in [1.82, 2.24) is 14.1 Å². The second kappa shape index (κ2) is 7.38. The number of rotatable bonds is 4. The fourth-order valence-corrected chi connectivity index (χ4v) is 4.45. The summed E-state index contributed by atoms with van der Waals surface area (Å²) < 4.78 is 36.6. The second-order valence-corrected chi connectivity index (χ2v) is 8.69. The molecule has 2 aromatic carbocycles. The molecule has 0 spiro atoms. The van der Waals surface area contributed by atoms with Crippen LogP contribution in [0.2, 0.25) is 0 Å². The average molecular weight is 430 g/mol. The summed E-state index contributed by atoms with van der Waals surface area (Å²) in [5.74, 6) is 0.968. The van der Waals surface area contributed by atoms with Gasteiger partial charge in [0.05, 0.1) is 25.3 Å². The Balaban J connectivity index is 1.88. The van der Waals surface area contributed by atoms with Gasteiger partial charge < -0.3 is 9.47 Å². The lowest BCUT2D eigenvalue weighted by Crippen LogP contribution is -2.40. The van der Waals surface area contributed by atoms with E-state index in [-0.39, 0.29) is 12.1 Å². The van der Waals surface area contributed by atoms with Gasteiger partial charge in [0, 0.05) is 31.1 Å². The number of aromatic nitrogens is 2. The second-order valence-electron chi connectivity index (χ2n) is 7.14. The number of nitrogens with zero attached hydrogens (tertiary/aromatic N) is 3. The van der Waals surface area contributed by atoms with Gasteiger partial charge in [-0.3, -0.25) is 4.79 Å². The van der Waals surface area contributed by atoms with E-state index in [2.05, 4.69) is 5.10 Å². The van der Waals surface area contributed by atoms with Crippen LogP contribution >= 0.6 is 0 Å². The first kappa shape index (κ1) is 20.3. The number of aryl methyl sites for hydroxylation is 1. The van der Waals surface area contributed by atoms with E-state index in [1.165, 1.54) is 23.2 Å². The van der Waals surface area contributed by atoms with Gasteiger partial charge in [-0.1, -0.05) is 12.1 Å². The van der Waals surface area contributed by atoms with E-state index in [0.29, 0.717) is 40.9 Å². The number of benzene rings is 2. The van der Waals surface area contributed by atoms with Gasteiger partial charge in [-0.05, 0) is 35.7 Å². The monoisotopic (exact) mass is 430 g/mol. The Hall–Kier alpha value is -2.95. The van der Waals surface area contributed by atoms with E-state index in [1.54, 1.807) is 19.2 Å². The summed E-state index contributed by atoms with van der Waals surface area (Å²) in [4.78, 5) is 12.7. The van der Waals surface area contributed by atoms with Crippen LogP contribution in [0.5, 0.6) is 11.5 Å². The number of hydrogen-bond acceptors (Lipinski definition) is 6. The average Bonchev–Trinajstić information content (AvgIpc) is 2.73. The lowest BCUT2D eigenvalue weighted by molar-refractivity contribution is 0.356. The maximum Gasteiger partial charge on any atom is 0.277 e. The van der Waals surface area contributed by atoms with Gasteiger partial charge in [-0.15, -0.1) is 0 Å². The Labute approximate surface area is 173 Å². The molecule has 0 bridgehead atoms. The molecule has 1 aromatic heterocycles. The van der Waals surface area contributed by atoms with E-state index >= 15 is 0 Å². The molecule has 0 radical (unpaired) electrons. The fourth-order valence-electron chi connectivity index (χ4n) is 3.78. The quantitative estimate of drug-likeness (QED) is 0.664. The van der Waals surface area contributed by atoms with Crippen LogP contribution in [0, 0.1) is 0 Å². The van der Waals surface area contributed by atoms with Gasteiger partial charge >= 0.3 is 0 Å². The Morgan fingerprint density at radius 1 is 1.03 bits per heavy atom. The van der Waals surface area contributed by atoms with Crippen molar-refractivity contribution in [1.29, 1.82) is 0 Å². The predicted molar refractivity (Wildman–Crippen MR) is 113 cm³/mol. The van der Waals surface area contributed by atoms with Crippen LogP contribution < -0.4 is 20.2 Å². The zero-order valence-electron chi connectivity index (χ0n) is 16.9. The Kier molecular flexibility index (Phi) is 5.00. The number of fused-ring (bicyclic) bond motifs is 2. The molecule has 4 rings (SSSR count). The molecule has 1 aliphatic rings. The van der Waals surface area contributed by atoms with Crippen LogP contribution in [0.3, 0.4) is 0 Å². The maximum atomic E-state index is 12.7. The van der Waals surface area contributed by atoms with E-state index in [9.17, 15) is 13.2 Å². The molecule has 10 heteroatoms. The van der Waals surface area contributed by atoms with Gasteiger partial charge in [0.1, 0.15) is 0 Å². The Morgan fingerprint density at radius 2 is 1.70 bits per heavy atom. The Bertz CT molecular complexity index is 1320. The molecule has 158 valence electrons. The topological polar surface area (TPSA) is 117 Å². The van der Waals surface area contributed by atoms with Crippen molar-refractivity contribution in [3.63, 3.8) is 0 Å². The summed E-state index contributed by atoms with van der Waals surface area (Å²) in [6.07, 6.45) is 0.542. The van der Waals surface area contributed by atoms with Crippen molar-refractivity contribution in [2.75, 3.05) is 20.8 Å². The molecule has 0 amide bonds. The molecule has 0 atom stereocenters. The number of ether oxygens (including phenoxy) is 2. The normalized spacial score (nSPS) is 14.5. The predicted octanol–water partition coefficient (Wildman–Crippen LogP) is 1.18. The molecule has 0 aliphatic carbocycles. The van der Waals surface area contributed by atoms with Crippen molar-refractivity contribution in [3.05, 3.63) is 51.8 Å². The highest BCUT2D eigenvalue weighted by atomic mass is 32.2. The third kappa shape index (κ3) is 3.42. The van der Waals surface area contributed by atoms with Gasteiger partial charge in [0.2, 0.25) is 0 Å². The van der Waals surface area contributed by atoms with Crippen molar-refractivity contribution >= 4 is 21.0 Å². The van der Waals surface area contributed by atoms with E-state index in [0.717, 1.165) is 16.7 Å². The van der Waals surface area contributed by atoms with Crippen LogP contribution in [0.4, 0.5) is 0 Å². The van der Waals surface area contributed by atoms with E-state index < -0.39 is 10.2 Å². The summed E-state index contributed by atoms with van der Waals surface area (Å²) in [5.41, 5.74) is 3.14. The molecule has 2 heterocycles. The number of nitrogens with two attached hydrogens (primary N) is 1. The van der Waals surface area contributed by atoms with E-state index in [4.69, 9.17) is 14.6 Å². The zero-order chi connectivity index (χ0) is 21.6. The fraction of sp³-hybridized carbons (Fsp3) is 0.300. The minimum atomic E-state index is -3.73. The third-order valence-electron chi connectivity index (χ3n) is 5.37. The SMILES string of the molecule is COc1cc2c(-c3ccc4c(c3)CCN(S(N)(=O)=O)C4)nn(C)c(=O)c2cc1OC. The van der Waals surface area contributed by atoms with E-state index in [1.807, 2.05) is 18.2 Å². The molecule has 30 heavy (non-hydrogen) atoms. The smallest absolute Gasteiger partial charge is 0.277 e. The lowest BCUT2D eigenvalue weighted by atomic mass is 9.95. The Morgan fingerprint density at radius 3 is 2.33 bits per heavy atom. The molecular weight excluding hydrogens is 408 g/mol. The highest BCUT2D eigenvalue weighted by Gasteiger charge is 2.24. The van der Waals surface area contributed by atoms with Crippen LogP contribution in [0.15, 0.2) is 35.1 Å². The largest absolute Gasteiger partial charge is 0.493 e. The molecule has 0 saturated heterocycles. The standard InChI is InChI=1S/C20H22N4O5S/c1-23-20(25)16-10-18(29-3)17(28-2)9-15(16)19(22-23)13-4-5-14-11-24(30(21,26)27)7-6-12(14)8-13/h4-5,8-10H,6-7,11H2,1-3H3,(H2,21,26,27). The summed E-state index contributed by atoms with van der Waals surface area (Å²) in [6.45, 7) is 0.558. The van der Waals surface area contributed by atoms with Crippen LogP contribution in [-0.4, -0.2) is 43.3 Å². The maximum absolute atomic E-state index is 12.7. The zero-order valence-corrected chi connectivity index (χ0v) is 17.7. The number of hydrogen-bond donors (Lipinski definition) is 1.